The van der Waals surface area contributed by atoms with Crippen LogP contribution in [-0.4, -0.2) is 36.7 Å². The van der Waals surface area contributed by atoms with Crippen molar-refractivity contribution in [2.45, 2.75) is 32.1 Å². The van der Waals surface area contributed by atoms with Gasteiger partial charge in [-0.1, -0.05) is 6.07 Å². The molecule has 0 radical (unpaired) electrons. The van der Waals surface area contributed by atoms with Gasteiger partial charge in [0.2, 0.25) is 0 Å². The Balaban J connectivity index is 2.06. The van der Waals surface area contributed by atoms with Gasteiger partial charge in [-0.15, -0.1) is 0 Å². The number of benzene rings is 1. The van der Waals surface area contributed by atoms with E-state index in [1.165, 1.54) is 18.2 Å². The molecule has 1 saturated heterocycles. The van der Waals surface area contributed by atoms with Crippen LogP contribution in [0.5, 0.6) is 0 Å². The van der Waals surface area contributed by atoms with Crippen molar-refractivity contribution in [2.75, 3.05) is 19.6 Å². The molecule has 3 unspecified atom stereocenters. The highest BCUT2D eigenvalue weighted by atomic mass is 19.1. The van der Waals surface area contributed by atoms with E-state index in [2.05, 4.69) is 4.90 Å². The summed E-state index contributed by atoms with van der Waals surface area (Å²) in [7, 11) is 0. The predicted octanol–water partition coefficient (Wildman–Crippen LogP) is 2.07. The fourth-order valence-corrected chi connectivity index (χ4v) is 2.67. The highest BCUT2D eigenvalue weighted by molar-refractivity contribution is 5.23. The van der Waals surface area contributed by atoms with Gasteiger partial charge in [0.1, 0.15) is 11.6 Å². The third kappa shape index (κ3) is 3.49. The van der Waals surface area contributed by atoms with Crippen LogP contribution in [0.25, 0.3) is 0 Å². The number of nitrogens with two attached hydrogens (primary N) is 1. The molecule has 1 heterocycles. The Morgan fingerprint density at radius 2 is 1.79 bits per heavy atom. The topological polar surface area (TPSA) is 38.5 Å². The van der Waals surface area contributed by atoms with E-state index in [0.717, 1.165) is 13.1 Å². The van der Waals surface area contributed by atoms with Gasteiger partial charge >= 0.3 is 0 Å². The van der Waals surface area contributed by atoms with Gasteiger partial charge < -0.3 is 10.5 Å². The fourth-order valence-electron chi connectivity index (χ4n) is 2.67. The number of rotatable bonds is 3. The van der Waals surface area contributed by atoms with Crippen LogP contribution >= 0.6 is 0 Å². The molecule has 5 heteroatoms. The van der Waals surface area contributed by atoms with Gasteiger partial charge in [-0.05, 0) is 26.0 Å². The fraction of sp³-hybridized carbons (Fsp3) is 0.571. The molecule has 19 heavy (non-hydrogen) atoms. The summed E-state index contributed by atoms with van der Waals surface area (Å²) in [5, 5.41) is 0. The van der Waals surface area contributed by atoms with E-state index in [1.54, 1.807) is 0 Å². The maximum atomic E-state index is 13.6. The molecule has 0 spiro atoms. The van der Waals surface area contributed by atoms with E-state index in [1.807, 2.05) is 13.8 Å². The molecule has 1 aromatic rings. The minimum Gasteiger partial charge on any atom is -0.373 e. The molecular formula is C14H20F2N2O. The van der Waals surface area contributed by atoms with Crippen molar-refractivity contribution in [3.05, 3.63) is 35.4 Å². The van der Waals surface area contributed by atoms with Crippen LogP contribution in [0.2, 0.25) is 0 Å². The lowest BCUT2D eigenvalue weighted by atomic mass is 10.0. The molecule has 1 aliphatic rings. The van der Waals surface area contributed by atoms with Gasteiger partial charge in [0.25, 0.3) is 0 Å². The first kappa shape index (κ1) is 14.4. The molecule has 1 aromatic carbocycles. The Morgan fingerprint density at radius 1 is 1.26 bits per heavy atom. The number of morpholine rings is 1. The van der Waals surface area contributed by atoms with Crippen molar-refractivity contribution in [3.63, 3.8) is 0 Å². The Kier molecular flexibility index (Phi) is 4.50. The molecular weight excluding hydrogens is 250 g/mol. The second kappa shape index (κ2) is 5.94. The van der Waals surface area contributed by atoms with E-state index in [-0.39, 0.29) is 17.8 Å². The SMILES string of the molecule is CC1CN(CC(N)c2c(F)cccc2F)CC(C)O1. The normalized spacial score (nSPS) is 26.4. The lowest BCUT2D eigenvalue weighted by molar-refractivity contribution is -0.0692. The van der Waals surface area contributed by atoms with E-state index < -0.39 is 17.7 Å². The number of hydrogen-bond donors (Lipinski definition) is 1. The zero-order chi connectivity index (χ0) is 14.0. The second-order valence-electron chi connectivity index (χ2n) is 5.22. The summed E-state index contributed by atoms with van der Waals surface area (Å²) in [5.41, 5.74) is 5.92. The Morgan fingerprint density at radius 3 is 2.32 bits per heavy atom. The Labute approximate surface area is 112 Å². The number of ether oxygens (including phenoxy) is 1. The molecule has 3 nitrogen and oxygen atoms in total. The van der Waals surface area contributed by atoms with Crippen LogP contribution in [-0.2, 0) is 4.74 Å². The predicted molar refractivity (Wildman–Crippen MR) is 69.7 cm³/mol. The maximum absolute atomic E-state index is 13.6. The zero-order valence-corrected chi connectivity index (χ0v) is 11.3. The molecule has 2 N–H and O–H groups in total. The summed E-state index contributed by atoms with van der Waals surface area (Å²) in [6.07, 6.45) is 0.225. The van der Waals surface area contributed by atoms with Crippen LogP contribution in [0.1, 0.15) is 25.5 Å². The molecule has 1 fully saturated rings. The third-order valence-electron chi connectivity index (χ3n) is 3.32. The average Bonchev–Trinajstić information content (AvgIpc) is 2.26. The molecule has 1 aliphatic heterocycles. The van der Waals surface area contributed by atoms with Gasteiger partial charge in [-0.3, -0.25) is 4.90 Å². The monoisotopic (exact) mass is 270 g/mol. The number of nitrogens with zero attached hydrogens (tertiary/aromatic N) is 1. The minimum absolute atomic E-state index is 0.0331. The van der Waals surface area contributed by atoms with Crippen molar-refractivity contribution in [3.8, 4) is 0 Å². The number of hydrogen-bond acceptors (Lipinski definition) is 3. The summed E-state index contributed by atoms with van der Waals surface area (Å²) < 4.78 is 32.9. The lowest BCUT2D eigenvalue weighted by Gasteiger charge is -2.36. The Hall–Kier alpha value is -1.04. The number of halogens is 2. The first-order valence-corrected chi connectivity index (χ1v) is 6.54. The molecule has 0 aliphatic carbocycles. The van der Waals surface area contributed by atoms with Crippen LogP contribution in [0, 0.1) is 11.6 Å². The minimum atomic E-state index is -0.668. The second-order valence-corrected chi connectivity index (χ2v) is 5.22. The van der Waals surface area contributed by atoms with E-state index in [0.29, 0.717) is 6.54 Å². The van der Waals surface area contributed by atoms with Crippen molar-refractivity contribution in [1.82, 2.24) is 4.90 Å². The summed E-state index contributed by atoms with van der Waals surface area (Å²) in [4.78, 5) is 2.09. The molecule has 0 bridgehead atoms. The molecule has 0 aromatic heterocycles. The first-order chi connectivity index (χ1) is 8.97. The molecule has 0 amide bonds. The highest BCUT2D eigenvalue weighted by Gasteiger charge is 2.25. The largest absolute Gasteiger partial charge is 0.373 e. The van der Waals surface area contributed by atoms with Crippen molar-refractivity contribution < 1.29 is 13.5 Å². The van der Waals surface area contributed by atoms with Gasteiger partial charge in [0, 0.05) is 31.2 Å². The molecule has 3 atom stereocenters. The maximum Gasteiger partial charge on any atom is 0.130 e. The molecule has 2 rings (SSSR count). The van der Waals surface area contributed by atoms with Crippen LogP contribution in [0.3, 0.4) is 0 Å². The van der Waals surface area contributed by atoms with Crippen LogP contribution in [0.15, 0.2) is 18.2 Å². The standard InChI is InChI=1S/C14H20F2N2O/c1-9-6-18(7-10(2)19-9)8-13(17)14-11(15)4-3-5-12(14)16/h3-5,9-10,13H,6-8,17H2,1-2H3. The summed E-state index contributed by atoms with van der Waals surface area (Å²) in [6.45, 7) is 5.86. The third-order valence-corrected chi connectivity index (χ3v) is 3.32. The van der Waals surface area contributed by atoms with Crippen molar-refractivity contribution in [2.24, 2.45) is 5.73 Å². The van der Waals surface area contributed by atoms with Gasteiger partial charge in [-0.25, -0.2) is 8.78 Å². The first-order valence-electron chi connectivity index (χ1n) is 6.54. The van der Waals surface area contributed by atoms with Gasteiger partial charge in [0.15, 0.2) is 0 Å². The molecule has 106 valence electrons. The molecule has 0 saturated carbocycles. The van der Waals surface area contributed by atoms with Gasteiger partial charge in [0.05, 0.1) is 12.2 Å². The quantitative estimate of drug-likeness (QED) is 0.914. The van der Waals surface area contributed by atoms with E-state index in [4.69, 9.17) is 10.5 Å². The summed E-state index contributed by atoms with van der Waals surface area (Å²) in [6, 6.07) is 3.16. The average molecular weight is 270 g/mol. The Bertz CT molecular complexity index is 411. The van der Waals surface area contributed by atoms with E-state index in [9.17, 15) is 8.78 Å². The smallest absolute Gasteiger partial charge is 0.130 e. The van der Waals surface area contributed by atoms with E-state index >= 15 is 0 Å². The van der Waals surface area contributed by atoms with Crippen LogP contribution in [0.4, 0.5) is 8.78 Å². The summed E-state index contributed by atoms with van der Waals surface area (Å²) in [5.74, 6) is -1.16. The van der Waals surface area contributed by atoms with Crippen molar-refractivity contribution >= 4 is 0 Å². The van der Waals surface area contributed by atoms with Gasteiger partial charge in [-0.2, -0.15) is 0 Å². The van der Waals surface area contributed by atoms with Crippen molar-refractivity contribution in [1.29, 1.82) is 0 Å². The zero-order valence-electron chi connectivity index (χ0n) is 11.3. The lowest BCUT2D eigenvalue weighted by Crippen LogP contribution is -2.47. The van der Waals surface area contributed by atoms with Crippen LogP contribution < -0.4 is 5.73 Å². The summed E-state index contributed by atoms with van der Waals surface area (Å²) >= 11 is 0. The highest BCUT2D eigenvalue weighted by Crippen LogP contribution is 2.21.